The highest BCUT2D eigenvalue weighted by Gasteiger charge is 2.12. The zero-order chi connectivity index (χ0) is 12.2. The first kappa shape index (κ1) is 15.5. The van der Waals surface area contributed by atoms with Gasteiger partial charge in [0.25, 0.3) is 0 Å². The maximum absolute atomic E-state index is 3.41. The molecule has 0 fully saturated rings. The second-order valence-corrected chi connectivity index (χ2v) is 4.34. The lowest BCUT2D eigenvalue weighted by atomic mass is 10.1. The molecule has 0 radical (unpaired) electrons. The van der Waals surface area contributed by atoms with E-state index in [1.54, 1.807) is 0 Å². The van der Waals surface area contributed by atoms with E-state index in [1.807, 2.05) is 0 Å². The molecule has 0 amide bonds. The van der Waals surface area contributed by atoms with Gasteiger partial charge in [0.05, 0.1) is 6.04 Å². The molecule has 0 aromatic rings. The van der Waals surface area contributed by atoms with Crippen LogP contribution in [-0.2, 0) is 0 Å². The van der Waals surface area contributed by atoms with Crippen molar-refractivity contribution in [2.75, 3.05) is 13.1 Å². The molecule has 0 saturated heterocycles. The largest absolute Gasteiger partial charge is 0.290 e. The summed E-state index contributed by atoms with van der Waals surface area (Å²) >= 11 is 0. The molecule has 1 unspecified atom stereocenters. The highest BCUT2D eigenvalue weighted by molar-refractivity contribution is 5.07. The molecular formula is C15H29N. The zero-order valence-corrected chi connectivity index (χ0v) is 11.7. The minimum absolute atomic E-state index is 0.484. The minimum atomic E-state index is 0.484. The van der Waals surface area contributed by atoms with Crippen LogP contribution < -0.4 is 0 Å². The molecule has 0 aromatic carbocycles. The van der Waals surface area contributed by atoms with Gasteiger partial charge in [0.2, 0.25) is 0 Å². The predicted molar refractivity (Wildman–Crippen MR) is 73.5 cm³/mol. The summed E-state index contributed by atoms with van der Waals surface area (Å²) in [4.78, 5) is 2.58. The number of hydrogen-bond donors (Lipinski definition) is 0. The van der Waals surface area contributed by atoms with Gasteiger partial charge in [0.1, 0.15) is 0 Å². The summed E-state index contributed by atoms with van der Waals surface area (Å²) in [5, 5.41) is 0. The molecule has 0 aliphatic rings. The van der Waals surface area contributed by atoms with Crippen LogP contribution in [0.25, 0.3) is 0 Å². The number of unbranched alkanes of at least 4 members (excludes halogenated alkanes) is 2. The number of rotatable bonds is 8. The smallest absolute Gasteiger partial charge is 0.0711 e. The Morgan fingerprint density at radius 3 is 1.88 bits per heavy atom. The van der Waals surface area contributed by atoms with Crippen LogP contribution >= 0.6 is 0 Å². The van der Waals surface area contributed by atoms with Gasteiger partial charge >= 0.3 is 0 Å². The zero-order valence-electron chi connectivity index (χ0n) is 11.7. The maximum Gasteiger partial charge on any atom is 0.0711 e. The molecule has 94 valence electrons. The van der Waals surface area contributed by atoms with E-state index < -0.39 is 0 Å². The van der Waals surface area contributed by atoms with Crippen LogP contribution in [-0.4, -0.2) is 24.0 Å². The summed E-state index contributed by atoms with van der Waals surface area (Å²) in [6.45, 7) is 11.3. The van der Waals surface area contributed by atoms with Gasteiger partial charge in [-0.15, -0.1) is 5.92 Å². The van der Waals surface area contributed by atoms with Crippen molar-refractivity contribution in [3.63, 3.8) is 0 Å². The van der Waals surface area contributed by atoms with Gasteiger partial charge in [-0.2, -0.15) is 0 Å². The van der Waals surface area contributed by atoms with Gasteiger partial charge in [0, 0.05) is 6.42 Å². The lowest BCUT2D eigenvalue weighted by Crippen LogP contribution is -2.35. The van der Waals surface area contributed by atoms with E-state index in [-0.39, 0.29) is 0 Å². The lowest BCUT2D eigenvalue weighted by Gasteiger charge is -2.27. The van der Waals surface area contributed by atoms with E-state index in [0.29, 0.717) is 6.04 Å². The quantitative estimate of drug-likeness (QED) is 0.560. The minimum Gasteiger partial charge on any atom is -0.290 e. The van der Waals surface area contributed by atoms with Crippen molar-refractivity contribution in [1.82, 2.24) is 4.90 Å². The molecule has 1 nitrogen and oxygen atoms in total. The molecule has 1 atom stereocenters. The summed E-state index contributed by atoms with van der Waals surface area (Å²) in [6, 6.07) is 0.484. The fourth-order valence-corrected chi connectivity index (χ4v) is 1.82. The third-order valence-corrected chi connectivity index (χ3v) is 2.87. The van der Waals surface area contributed by atoms with Crippen molar-refractivity contribution < 1.29 is 0 Å². The van der Waals surface area contributed by atoms with Gasteiger partial charge in [-0.25, -0.2) is 0 Å². The van der Waals surface area contributed by atoms with Gasteiger partial charge in [-0.05, 0) is 32.4 Å². The van der Waals surface area contributed by atoms with Gasteiger partial charge < -0.3 is 0 Å². The van der Waals surface area contributed by atoms with Crippen molar-refractivity contribution >= 4 is 0 Å². The highest BCUT2D eigenvalue weighted by Crippen LogP contribution is 2.07. The van der Waals surface area contributed by atoms with Crippen molar-refractivity contribution in [2.45, 2.75) is 72.3 Å². The van der Waals surface area contributed by atoms with Crippen molar-refractivity contribution in [3.05, 3.63) is 0 Å². The number of nitrogens with zero attached hydrogens (tertiary/aromatic N) is 1. The SMILES string of the molecule is CCC#CC(CC)N(CCCC)CCCC. The van der Waals surface area contributed by atoms with E-state index in [0.717, 1.165) is 12.8 Å². The normalized spacial score (nSPS) is 12.3. The van der Waals surface area contributed by atoms with Crippen LogP contribution in [0.3, 0.4) is 0 Å². The molecule has 0 N–H and O–H groups in total. The summed E-state index contributed by atoms with van der Waals surface area (Å²) in [5.41, 5.74) is 0. The van der Waals surface area contributed by atoms with Gasteiger partial charge in [0.15, 0.2) is 0 Å². The first-order valence-electron chi connectivity index (χ1n) is 7.02. The Bertz CT molecular complexity index is 191. The van der Waals surface area contributed by atoms with Gasteiger partial charge in [-0.3, -0.25) is 4.90 Å². The van der Waals surface area contributed by atoms with Crippen molar-refractivity contribution in [1.29, 1.82) is 0 Å². The predicted octanol–water partition coefficient (Wildman–Crippen LogP) is 4.08. The monoisotopic (exact) mass is 223 g/mol. The van der Waals surface area contributed by atoms with Crippen LogP contribution in [0.5, 0.6) is 0 Å². The molecule has 0 bridgehead atoms. The molecular weight excluding hydrogens is 194 g/mol. The fourth-order valence-electron chi connectivity index (χ4n) is 1.82. The van der Waals surface area contributed by atoms with Crippen LogP contribution in [0.1, 0.15) is 66.2 Å². The summed E-state index contributed by atoms with van der Waals surface area (Å²) in [5.74, 6) is 6.65. The first-order chi connectivity index (χ1) is 7.79. The van der Waals surface area contributed by atoms with E-state index in [2.05, 4.69) is 44.4 Å². The van der Waals surface area contributed by atoms with Crippen LogP contribution in [0.4, 0.5) is 0 Å². The second kappa shape index (κ2) is 11.0. The summed E-state index contributed by atoms with van der Waals surface area (Å²) < 4.78 is 0. The average Bonchev–Trinajstić information content (AvgIpc) is 2.32. The molecule has 0 spiro atoms. The second-order valence-electron chi connectivity index (χ2n) is 4.34. The molecule has 0 aliphatic heterocycles. The average molecular weight is 223 g/mol. The molecule has 0 saturated carbocycles. The molecule has 0 heterocycles. The van der Waals surface area contributed by atoms with Crippen molar-refractivity contribution in [3.8, 4) is 11.8 Å². The van der Waals surface area contributed by atoms with E-state index in [4.69, 9.17) is 0 Å². The molecule has 1 heteroatoms. The molecule has 0 aliphatic carbocycles. The Balaban J connectivity index is 4.29. The standard InChI is InChI=1S/C15H29N/c1-5-9-12-15(8-4)16(13-10-6-2)14-11-7-3/h15H,5-8,10-11,13-14H2,1-4H3. The topological polar surface area (TPSA) is 3.24 Å². The molecule has 0 aromatic heterocycles. The van der Waals surface area contributed by atoms with E-state index >= 15 is 0 Å². The van der Waals surface area contributed by atoms with E-state index in [9.17, 15) is 0 Å². The first-order valence-corrected chi connectivity index (χ1v) is 7.02. The maximum atomic E-state index is 3.41. The third-order valence-electron chi connectivity index (χ3n) is 2.87. The Morgan fingerprint density at radius 1 is 0.938 bits per heavy atom. The fraction of sp³-hybridized carbons (Fsp3) is 0.867. The summed E-state index contributed by atoms with van der Waals surface area (Å²) in [6.07, 6.45) is 7.29. The Morgan fingerprint density at radius 2 is 1.50 bits per heavy atom. The van der Waals surface area contributed by atoms with Crippen LogP contribution in [0.2, 0.25) is 0 Å². The highest BCUT2D eigenvalue weighted by atomic mass is 15.1. The van der Waals surface area contributed by atoms with E-state index in [1.165, 1.54) is 38.8 Å². The Hall–Kier alpha value is -0.480. The Labute approximate surface area is 103 Å². The van der Waals surface area contributed by atoms with Crippen LogP contribution in [0, 0.1) is 11.8 Å². The Kier molecular flexibility index (Phi) is 10.7. The lowest BCUT2D eigenvalue weighted by molar-refractivity contribution is 0.224. The third kappa shape index (κ3) is 6.90. The molecule has 0 rings (SSSR count). The van der Waals surface area contributed by atoms with Crippen LogP contribution in [0.15, 0.2) is 0 Å². The van der Waals surface area contributed by atoms with Crippen molar-refractivity contribution in [2.24, 2.45) is 0 Å². The molecule has 16 heavy (non-hydrogen) atoms. The summed E-state index contributed by atoms with van der Waals surface area (Å²) in [7, 11) is 0. The van der Waals surface area contributed by atoms with Gasteiger partial charge in [-0.1, -0.05) is 46.5 Å². The number of hydrogen-bond acceptors (Lipinski definition) is 1.